The molecule has 0 fully saturated rings. The van der Waals surface area contributed by atoms with E-state index in [0.717, 1.165) is 21.2 Å². The summed E-state index contributed by atoms with van der Waals surface area (Å²) in [7, 11) is 3.19. The molecule has 0 unspecified atom stereocenters. The van der Waals surface area contributed by atoms with Gasteiger partial charge < -0.3 is 14.8 Å². The van der Waals surface area contributed by atoms with Gasteiger partial charge in [0.05, 0.1) is 25.7 Å². The predicted octanol–water partition coefficient (Wildman–Crippen LogP) is 4.24. The standard InChI is InChI=1S/C20H20N2O3S2/c1-24-17-9-8-14(10-18(17)25-2)11-21-19(23)13-27-20-22-16(12-26-20)15-6-4-3-5-7-15/h3-10,12H,11,13H2,1-2H3,(H,21,23). The number of aromatic nitrogens is 1. The molecule has 0 spiro atoms. The molecular weight excluding hydrogens is 380 g/mol. The number of benzene rings is 2. The number of amides is 1. The van der Waals surface area contributed by atoms with Crippen molar-refractivity contribution < 1.29 is 14.3 Å². The maximum Gasteiger partial charge on any atom is 0.230 e. The van der Waals surface area contributed by atoms with Crippen molar-refractivity contribution in [1.82, 2.24) is 10.3 Å². The highest BCUT2D eigenvalue weighted by atomic mass is 32.2. The van der Waals surface area contributed by atoms with E-state index in [2.05, 4.69) is 10.3 Å². The Hall–Kier alpha value is -2.51. The van der Waals surface area contributed by atoms with Gasteiger partial charge in [-0.25, -0.2) is 4.98 Å². The number of thioether (sulfide) groups is 1. The highest BCUT2D eigenvalue weighted by molar-refractivity contribution is 8.01. The highest BCUT2D eigenvalue weighted by Gasteiger charge is 2.09. The Morgan fingerprint density at radius 2 is 1.89 bits per heavy atom. The first kappa shape index (κ1) is 19.3. The Morgan fingerprint density at radius 3 is 2.63 bits per heavy atom. The highest BCUT2D eigenvalue weighted by Crippen LogP contribution is 2.29. The number of carbonyl (C=O) groups excluding carboxylic acids is 1. The van der Waals surface area contributed by atoms with Crippen molar-refractivity contribution >= 4 is 29.0 Å². The number of hydrogen-bond donors (Lipinski definition) is 1. The summed E-state index contributed by atoms with van der Waals surface area (Å²) in [5, 5.41) is 4.93. The van der Waals surface area contributed by atoms with Crippen LogP contribution in [-0.4, -0.2) is 30.9 Å². The average molecular weight is 401 g/mol. The van der Waals surface area contributed by atoms with E-state index < -0.39 is 0 Å². The van der Waals surface area contributed by atoms with Gasteiger partial charge in [-0.05, 0) is 17.7 Å². The minimum absolute atomic E-state index is 0.0359. The molecule has 140 valence electrons. The molecule has 5 nitrogen and oxygen atoms in total. The first-order chi connectivity index (χ1) is 13.2. The van der Waals surface area contributed by atoms with Gasteiger partial charge in [0, 0.05) is 17.5 Å². The molecular formula is C20H20N2O3S2. The zero-order valence-corrected chi connectivity index (χ0v) is 16.7. The van der Waals surface area contributed by atoms with Gasteiger partial charge in [-0.15, -0.1) is 11.3 Å². The molecule has 1 aromatic heterocycles. The third kappa shape index (κ3) is 5.24. The number of nitrogens with one attached hydrogen (secondary N) is 1. The Morgan fingerprint density at radius 1 is 1.11 bits per heavy atom. The van der Waals surface area contributed by atoms with E-state index in [1.54, 1.807) is 25.6 Å². The molecule has 1 N–H and O–H groups in total. The molecule has 27 heavy (non-hydrogen) atoms. The average Bonchev–Trinajstić information content (AvgIpc) is 3.20. The van der Waals surface area contributed by atoms with E-state index >= 15 is 0 Å². The van der Waals surface area contributed by atoms with Crippen LogP contribution in [0.5, 0.6) is 11.5 Å². The summed E-state index contributed by atoms with van der Waals surface area (Å²) in [5.74, 6) is 1.61. The first-order valence-corrected chi connectivity index (χ1v) is 10.2. The normalized spacial score (nSPS) is 10.4. The van der Waals surface area contributed by atoms with E-state index in [-0.39, 0.29) is 5.91 Å². The molecule has 3 rings (SSSR count). The summed E-state index contributed by atoms with van der Waals surface area (Å²) < 4.78 is 11.4. The molecule has 2 aromatic carbocycles. The summed E-state index contributed by atoms with van der Waals surface area (Å²) in [4.78, 5) is 16.7. The molecule has 0 atom stereocenters. The largest absolute Gasteiger partial charge is 0.493 e. The van der Waals surface area contributed by atoms with Crippen LogP contribution in [0.1, 0.15) is 5.56 Å². The first-order valence-electron chi connectivity index (χ1n) is 8.31. The van der Waals surface area contributed by atoms with E-state index in [4.69, 9.17) is 9.47 Å². The molecule has 0 aliphatic rings. The Labute approximate surface area is 166 Å². The zero-order chi connectivity index (χ0) is 19.1. The van der Waals surface area contributed by atoms with Crippen molar-refractivity contribution in [2.24, 2.45) is 0 Å². The van der Waals surface area contributed by atoms with Crippen molar-refractivity contribution in [1.29, 1.82) is 0 Å². The molecule has 0 bridgehead atoms. The fourth-order valence-corrected chi connectivity index (χ4v) is 4.10. The lowest BCUT2D eigenvalue weighted by atomic mass is 10.2. The smallest absolute Gasteiger partial charge is 0.230 e. The van der Waals surface area contributed by atoms with Crippen LogP contribution >= 0.6 is 23.1 Å². The van der Waals surface area contributed by atoms with Gasteiger partial charge >= 0.3 is 0 Å². The second-order valence-electron chi connectivity index (χ2n) is 5.62. The maximum atomic E-state index is 12.1. The molecule has 0 aliphatic carbocycles. The molecule has 0 saturated heterocycles. The summed E-state index contributed by atoms with van der Waals surface area (Å²) in [6, 6.07) is 15.6. The van der Waals surface area contributed by atoms with Gasteiger partial charge in [0.25, 0.3) is 0 Å². The second kappa shape index (κ2) is 9.43. The molecule has 0 radical (unpaired) electrons. The van der Waals surface area contributed by atoms with Crippen molar-refractivity contribution in [2.75, 3.05) is 20.0 Å². The maximum absolute atomic E-state index is 12.1. The lowest BCUT2D eigenvalue weighted by Gasteiger charge is -2.10. The number of hydrogen-bond acceptors (Lipinski definition) is 6. The number of nitrogens with zero attached hydrogens (tertiary/aromatic N) is 1. The van der Waals surface area contributed by atoms with Crippen LogP contribution in [0.15, 0.2) is 58.3 Å². The zero-order valence-electron chi connectivity index (χ0n) is 15.1. The summed E-state index contributed by atoms with van der Waals surface area (Å²) in [5.41, 5.74) is 2.97. The number of methoxy groups -OCH3 is 2. The molecule has 1 heterocycles. The van der Waals surface area contributed by atoms with Gasteiger partial charge in [0.2, 0.25) is 5.91 Å². The molecule has 7 heteroatoms. The second-order valence-corrected chi connectivity index (χ2v) is 7.70. The molecule has 3 aromatic rings. The van der Waals surface area contributed by atoms with Gasteiger partial charge in [0.1, 0.15) is 0 Å². The van der Waals surface area contributed by atoms with Gasteiger partial charge in [-0.2, -0.15) is 0 Å². The van der Waals surface area contributed by atoms with Crippen LogP contribution in [0, 0.1) is 0 Å². The van der Waals surface area contributed by atoms with Crippen LogP contribution in [0.3, 0.4) is 0 Å². The quantitative estimate of drug-likeness (QED) is 0.573. The summed E-state index contributed by atoms with van der Waals surface area (Å²) in [6.45, 7) is 0.437. The Kier molecular flexibility index (Phi) is 6.73. The third-order valence-corrected chi connectivity index (χ3v) is 5.84. The van der Waals surface area contributed by atoms with Gasteiger partial charge in [-0.1, -0.05) is 48.2 Å². The number of thiazole rings is 1. The lowest BCUT2D eigenvalue weighted by Crippen LogP contribution is -2.24. The minimum atomic E-state index is -0.0359. The number of ether oxygens (including phenoxy) is 2. The van der Waals surface area contributed by atoms with Crippen LogP contribution in [0.2, 0.25) is 0 Å². The molecule has 1 amide bonds. The van der Waals surface area contributed by atoms with E-state index in [0.29, 0.717) is 23.8 Å². The monoisotopic (exact) mass is 400 g/mol. The lowest BCUT2D eigenvalue weighted by molar-refractivity contribution is -0.118. The van der Waals surface area contributed by atoms with Crippen molar-refractivity contribution in [3.8, 4) is 22.8 Å². The van der Waals surface area contributed by atoms with Crippen molar-refractivity contribution in [2.45, 2.75) is 10.9 Å². The minimum Gasteiger partial charge on any atom is -0.493 e. The Balaban J connectivity index is 1.50. The van der Waals surface area contributed by atoms with Crippen LogP contribution < -0.4 is 14.8 Å². The number of carbonyl (C=O) groups is 1. The van der Waals surface area contributed by atoms with Gasteiger partial charge in [0.15, 0.2) is 15.8 Å². The van der Waals surface area contributed by atoms with Gasteiger partial charge in [-0.3, -0.25) is 4.79 Å². The van der Waals surface area contributed by atoms with Crippen molar-refractivity contribution in [3.05, 3.63) is 59.5 Å². The molecule has 0 saturated carbocycles. The summed E-state index contributed by atoms with van der Waals surface area (Å²) >= 11 is 2.99. The fraction of sp³-hybridized carbons (Fsp3) is 0.200. The summed E-state index contributed by atoms with van der Waals surface area (Å²) in [6.07, 6.45) is 0. The van der Waals surface area contributed by atoms with Crippen LogP contribution in [0.25, 0.3) is 11.3 Å². The Bertz CT molecular complexity index is 897. The molecule has 0 aliphatic heterocycles. The predicted molar refractivity (Wildman–Crippen MR) is 110 cm³/mol. The van der Waals surface area contributed by atoms with Crippen molar-refractivity contribution in [3.63, 3.8) is 0 Å². The van der Waals surface area contributed by atoms with E-state index in [1.807, 2.05) is 53.9 Å². The topological polar surface area (TPSA) is 60.5 Å². The van der Waals surface area contributed by atoms with Crippen LogP contribution in [-0.2, 0) is 11.3 Å². The van der Waals surface area contributed by atoms with Crippen LogP contribution in [0.4, 0.5) is 0 Å². The fourth-order valence-electron chi connectivity index (χ4n) is 2.43. The SMILES string of the molecule is COc1ccc(CNC(=O)CSc2nc(-c3ccccc3)cs2)cc1OC. The van der Waals surface area contributed by atoms with E-state index in [1.165, 1.54) is 11.8 Å². The van der Waals surface area contributed by atoms with E-state index in [9.17, 15) is 4.79 Å². The number of rotatable bonds is 8. The third-order valence-electron chi connectivity index (χ3n) is 3.82.